The van der Waals surface area contributed by atoms with Gasteiger partial charge in [-0.3, -0.25) is 0 Å². The van der Waals surface area contributed by atoms with E-state index in [-0.39, 0.29) is 39.1 Å². The van der Waals surface area contributed by atoms with Crippen molar-refractivity contribution in [2.45, 2.75) is 50.4 Å². The van der Waals surface area contributed by atoms with Crippen LogP contribution in [0.15, 0.2) is 0 Å². The van der Waals surface area contributed by atoms with E-state index in [2.05, 4.69) is 29.6 Å². The maximum Gasteiger partial charge on any atom is 0.407 e. The molecular formula is C18H28F8N2O6. The van der Waals surface area contributed by atoms with E-state index in [1.807, 2.05) is 0 Å². The number of hydrogen-bond donors (Lipinski definition) is 2. The Kier molecular flexibility index (Phi) is 13.4. The van der Waals surface area contributed by atoms with Crippen LogP contribution in [0.2, 0.25) is 0 Å². The molecule has 0 aromatic carbocycles. The molecule has 8 nitrogen and oxygen atoms in total. The van der Waals surface area contributed by atoms with E-state index in [0.29, 0.717) is 0 Å². The topological polar surface area (TPSA) is 95.1 Å². The first kappa shape index (κ1) is 31.9. The molecule has 0 bridgehead atoms. The molecule has 34 heavy (non-hydrogen) atoms. The van der Waals surface area contributed by atoms with E-state index in [1.54, 1.807) is 0 Å². The molecule has 0 aliphatic heterocycles. The molecule has 2 amide bonds. The van der Waals surface area contributed by atoms with Gasteiger partial charge in [0.1, 0.15) is 13.2 Å². The first-order chi connectivity index (χ1) is 15.7. The number of carbonyl (C=O) groups is 2. The molecular weight excluding hydrogens is 492 g/mol. The van der Waals surface area contributed by atoms with Crippen LogP contribution < -0.4 is 10.6 Å². The average Bonchev–Trinajstić information content (AvgIpc) is 2.73. The molecule has 16 heteroatoms. The van der Waals surface area contributed by atoms with Gasteiger partial charge in [0.2, 0.25) is 0 Å². The highest BCUT2D eigenvalue weighted by Crippen LogP contribution is 2.52. The molecule has 0 radical (unpaired) electrons. The van der Waals surface area contributed by atoms with E-state index in [4.69, 9.17) is 0 Å². The van der Waals surface area contributed by atoms with Crippen molar-refractivity contribution in [2.24, 2.45) is 0 Å². The Balaban J connectivity index is 4.64. The van der Waals surface area contributed by atoms with E-state index in [0.717, 1.165) is 0 Å². The summed E-state index contributed by atoms with van der Waals surface area (Å²) in [5, 5.41) is 4.32. The summed E-state index contributed by atoms with van der Waals surface area (Å²) in [6, 6.07) is 0. The Morgan fingerprint density at radius 2 is 0.971 bits per heavy atom. The largest absolute Gasteiger partial charge is 0.450 e. The fraction of sp³-hybridized carbons (Fsp3) is 0.889. The lowest BCUT2D eigenvalue weighted by Crippen LogP contribution is -2.64. The lowest BCUT2D eigenvalue weighted by molar-refractivity contribution is -0.376. The van der Waals surface area contributed by atoms with E-state index >= 15 is 0 Å². The highest BCUT2D eigenvalue weighted by atomic mass is 19.4. The van der Waals surface area contributed by atoms with Gasteiger partial charge in [-0.2, -0.15) is 35.1 Å². The quantitative estimate of drug-likeness (QED) is 0.224. The third-order valence-electron chi connectivity index (χ3n) is 3.90. The number of alkyl halides is 8. The van der Waals surface area contributed by atoms with E-state index in [1.165, 1.54) is 13.8 Å². The highest BCUT2D eigenvalue weighted by molar-refractivity contribution is 5.67. The Morgan fingerprint density at radius 1 is 0.647 bits per heavy atom. The van der Waals surface area contributed by atoms with Gasteiger partial charge in [-0.1, -0.05) is 0 Å². The van der Waals surface area contributed by atoms with Gasteiger partial charge in [-0.15, -0.1) is 0 Å². The summed E-state index contributed by atoms with van der Waals surface area (Å²) in [5.74, 6) is -24.3. The molecule has 0 aliphatic rings. The van der Waals surface area contributed by atoms with E-state index < -0.39 is 62.3 Å². The van der Waals surface area contributed by atoms with Gasteiger partial charge in [-0.25, -0.2) is 9.59 Å². The first-order valence-corrected chi connectivity index (χ1v) is 10.1. The summed E-state index contributed by atoms with van der Waals surface area (Å²) in [7, 11) is 0. The molecule has 0 saturated heterocycles. The van der Waals surface area contributed by atoms with Crippen molar-refractivity contribution < 1.29 is 63.7 Å². The SMILES string of the molecule is CCOC(=O)NCCCOCC(F)(F)C(F)(F)C(F)(F)C(F)(F)COCCCNC(=O)OCC. The number of alkyl carbamates (subject to hydrolysis) is 2. The Hall–Kier alpha value is -2.10. The molecule has 0 aliphatic carbocycles. The molecule has 0 atom stereocenters. The zero-order valence-corrected chi connectivity index (χ0v) is 18.5. The number of hydrogen-bond acceptors (Lipinski definition) is 6. The third kappa shape index (κ3) is 9.64. The maximum atomic E-state index is 13.8. The summed E-state index contributed by atoms with van der Waals surface area (Å²) >= 11 is 0. The summed E-state index contributed by atoms with van der Waals surface area (Å²) in [6.45, 7) is -3.06. The number of carbonyl (C=O) groups excluding carboxylic acids is 2. The number of ether oxygens (including phenoxy) is 4. The standard InChI is InChI=1S/C18H28F8N2O6/c1-3-33-13(29)27-7-5-9-31-11-15(19,20)17(23,24)18(25,26)16(21,22)12-32-10-6-8-28-14(30)34-4-2/h3-12H2,1-2H3,(H,27,29)(H,28,30). The molecule has 0 rings (SSSR count). The molecule has 0 fully saturated rings. The van der Waals surface area contributed by atoms with Crippen LogP contribution in [0.1, 0.15) is 26.7 Å². The van der Waals surface area contributed by atoms with Gasteiger partial charge >= 0.3 is 35.9 Å². The minimum atomic E-state index is -6.48. The predicted octanol–water partition coefficient (Wildman–Crippen LogP) is 3.83. The minimum Gasteiger partial charge on any atom is -0.450 e. The van der Waals surface area contributed by atoms with Gasteiger partial charge in [0, 0.05) is 26.3 Å². The van der Waals surface area contributed by atoms with Crippen molar-refractivity contribution in [1.29, 1.82) is 0 Å². The lowest BCUT2D eigenvalue weighted by atomic mass is 9.99. The minimum absolute atomic E-state index is 0.0558. The van der Waals surface area contributed by atoms with Crippen LogP contribution >= 0.6 is 0 Å². The zero-order chi connectivity index (χ0) is 26.5. The second-order valence-corrected chi connectivity index (χ2v) is 6.66. The Morgan fingerprint density at radius 3 is 1.26 bits per heavy atom. The second-order valence-electron chi connectivity index (χ2n) is 6.66. The van der Waals surface area contributed by atoms with Crippen LogP contribution in [-0.2, 0) is 18.9 Å². The number of rotatable bonds is 17. The van der Waals surface area contributed by atoms with Gasteiger partial charge in [-0.05, 0) is 26.7 Å². The highest BCUT2D eigenvalue weighted by Gasteiger charge is 2.80. The zero-order valence-electron chi connectivity index (χ0n) is 18.5. The summed E-state index contributed by atoms with van der Waals surface area (Å²) in [6.07, 6.45) is -2.02. The maximum absolute atomic E-state index is 13.8. The summed E-state index contributed by atoms with van der Waals surface area (Å²) in [4.78, 5) is 21.9. The van der Waals surface area contributed by atoms with Crippen LogP contribution in [0.5, 0.6) is 0 Å². The normalized spacial score (nSPS) is 12.9. The first-order valence-electron chi connectivity index (χ1n) is 10.1. The monoisotopic (exact) mass is 520 g/mol. The molecule has 0 heterocycles. The van der Waals surface area contributed by atoms with Crippen molar-refractivity contribution in [3.63, 3.8) is 0 Å². The third-order valence-corrected chi connectivity index (χ3v) is 3.90. The number of amides is 2. The van der Waals surface area contributed by atoms with Crippen molar-refractivity contribution in [1.82, 2.24) is 10.6 Å². The summed E-state index contributed by atoms with van der Waals surface area (Å²) in [5.41, 5.74) is 0. The molecule has 202 valence electrons. The lowest BCUT2D eigenvalue weighted by Gasteiger charge is -2.36. The number of nitrogens with one attached hydrogen (secondary N) is 2. The molecule has 0 unspecified atom stereocenters. The van der Waals surface area contributed by atoms with Crippen molar-refractivity contribution in [2.75, 3.05) is 52.7 Å². The second kappa shape index (κ2) is 14.3. The van der Waals surface area contributed by atoms with Gasteiger partial charge in [0.25, 0.3) is 0 Å². The van der Waals surface area contributed by atoms with Crippen LogP contribution in [0.4, 0.5) is 44.7 Å². The fourth-order valence-corrected chi connectivity index (χ4v) is 2.13. The molecule has 0 aromatic heterocycles. The number of halogens is 8. The Bertz CT molecular complexity index is 573. The predicted molar refractivity (Wildman–Crippen MR) is 101 cm³/mol. The van der Waals surface area contributed by atoms with Crippen molar-refractivity contribution >= 4 is 12.2 Å². The van der Waals surface area contributed by atoms with Crippen LogP contribution in [0.25, 0.3) is 0 Å². The molecule has 2 N–H and O–H groups in total. The van der Waals surface area contributed by atoms with Crippen LogP contribution in [0, 0.1) is 0 Å². The summed E-state index contributed by atoms with van der Waals surface area (Å²) < 4.78 is 127. The molecule has 0 spiro atoms. The molecule has 0 saturated carbocycles. The Labute approximate surface area is 190 Å². The fourth-order valence-electron chi connectivity index (χ4n) is 2.13. The van der Waals surface area contributed by atoms with Crippen LogP contribution in [-0.4, -0.2) is 88.6 Å². The average molecular weight is 520 g/mol. The van der Waals surface area contributed by atoms with Gasteiger partial charge in [0.15, 0.2) is 0 Å². The smallest absolute Gasteiger partial charge is 0.407 e. The van der Waals surface area contributed by atoms with Gasteiger partial charge < -0.3 is 29.6 Å². The van der Waals surface area contributed by atoms with Crippen molar-refractivity contribution in [3.8, 4) is 0 Å². The van der Waals surface area contributed by atoms with Crippen molar-refractivity contribution in [3.05, 3.63) is 0 Å². The van der Waals surface area contributed by atoms with Gasteiger partial charge in [0.05, 0.1) is 13.2 Å². The van der Waals surface area contributed by atoms with E-state index in [9.17, 15) is 44.7 Å². The molecule has 0 aromatic rings. The van der Waals surface area contributed by atoms with Crippen LogP contribution in [0.3, 0.4) is 0 Å².